The molecule has 186 valence electrons. The number of methoxy groups -OCH3 is 1. The van der Waals surface area contributed by atoms with E-state index in [1.54, 1.807) is 0 Å². The minimum absolute atomic E-state index is 0.419. The predicted octanol–water partition coefficient (Wildman–Crippen LogP) is 9.31. The molecule has 0 aromatic heterocycles. The van der Waals surface area contributed by atoms with Gasteiger partial charge in [0, 0.05) is 7.11 Å². The van der Waals surface area contributed by atoms with Crippen molar-refractivity contribution in [3.63, 3.8) is 0 Å². The van der Waals surface area contributed by atoms with E-state index in [4.69, 9.17) is 4.74 Å². The fourth-order valence-corrected chi connectivity index (χ4v) is 6.07. The summed E-state index contributed by atoms with van der Waals surface area (Å²) in [6.07, 6.45) is 8.54. The Bertz CT molecular complexity index is 1060. The van der Waals surface area contributed by atoms with Crippen LogP contribution in [0.5, 0.6) is 0 Å². The van der Waals surface area contributed by atoms with Crippen molar-refractivity contribution in [3.05, 3.63) is 144 Å². The number of hydrogen-bond donors (Lipinski definition) is 0. The molecule has 0 amide bonds. The van der Waals surface area contributed by atoms with E-state index >= 15 is 0 Å². The summed E-state index contributed by atoms with van der Waals surface area (Å²) in [6, 6.07) is 43.8. The van der Waals surface area contributed by atoms with Crippen molar-refractivity contribution in [1.29, 1.82) is 0 Å². The Balaban J connectivity index is 2.00. The molecule has 36 heavy (non-hydrogen) atoms. The molecule has 0 bridgehead atoms. The molecule has 0 aliphatic rings. The quantitative estimate of drug-likeness (QED) is 0.175. The molecule has 4 rings (SSSR count). The number of unbranched alkanes of at least 4 members (excludes halogenated alkanes) is 5. The first-order chi connectivity index (χ1) is 17.8. The van der Waals surface area contributed by atoms with Crippen LogP contribution >= 0.6 is 0 Å². The van der Waals surface area contributed by atoms with Crippen molar-refractivity contribution in [1.82, 2.24) is 0 Å². The number of rotatable bonds is 13. The molecular weight excluding hydrogens is 436 g/mol. The average Bonchev–Trinajstić information content (AvgIpc) is 2.96. The highest BCUT2D eigenvalue weighted by Gasteiger charge is 2.55. The third-order valence-corrected chi connectivity index (χ3v) is 7.71. The van der Waals surface area contributed by atoms with Crippen LogP contribution in [0.4, 0.5) is 0 Å². The van der Waals surface area contributed by atoms with Crippen molar-refractivity contribution in [2.75, 3.05) is 7.11 Å². The summed E-state index contributed by atoms with van der Waals surface area (Å²) in [6.45, 7) is 2.28. The first-order valence-electron chi connectivity index (χ1n) is 13.6. The molecule has 1 nitrogen and oxygen atoms in total. The SMILES string of the molecule is CCCCCCCCC(c1ccccc1)(c1ccccc1)C(OC)(c1ccccc1)c1ccccc1. The Morgan fingerprint density at radius 2 is 0.833 bits per heavy atom. The molecule has 0 N–H and O–H groups in total. The summed E-state index contributed by atoms with van der Waals surface area (Å²) in [7, 11) is 1.89. The minimum Gasteiger partial charge on any atom is -0.367 e. The molecular formula is C35H40O. The Labute approximate surface area is 218 Å². The van der Waals surface area contributed by atoms with E-state index in [0.717, 1.165) is 12.8 Å². The lowest BCUT2D eigenvalue weighted by Gasteiger charge is -2.52. The molecule has 0 spiro atoms. The Morgan fingerprint density at radius 1 is 0.472 bits per heavy atom. The topological polar surface area (TPSA) is 9.23 Å². The van der Waals surface area contributed by atoms with E-state index in [9.17, 15) is 0 Å². The second-order valence-electron chi connectivity index (χ2n) is 9.77. The maximum absolute atomic E-state index is 6.88. The van der Waals surface area contributed by atoms with E-state index in [1.165, 1.54) is 54.4 Å². The van der Waals surface area contributed by atoms with Crippen LogP contribution in [0.15, 0.2) is 121 Å². The first-order valence-corrected chi connectivity index (χ1v) is 13.6. The molecule has 0 aliphatic carbocycles. The van der Waals surface area contributed by atoms with Crippen molar-refractivity contribution in [3.8, 4) is 0 Å². The zero-order valence-corrected chi connectivity index (χ0v) is 21.9. The number of hydrogen-bond acceptors (Lipinski definition) is 1. The third-order valence-electron chi connectivity index (χ3n) is 7.71. The van der Waals surface area contributed by atoms with Crippen molar-refractivity contribution in [2.45, 2.75) is 62.9 Å². The second kappa shape index (κ2) is 12.7. The third kappa shape index (κ3) is 5.04. The van der Waals surface area contributed by atoms with Crippen LogP contribution in [-0.2, 0) is 15.8 Å². The van der Waals surface area contributed by atoms with E-state index in [2.05, 4.69) is 128 Å². The molecule has 1 heteroatoms. The van der Waals surface area contributed by atoms with Crippen LogP contribution in [0.1, 0.15) is 74.1 Å². The van der Waals surface area contributed by atoms with Crippen molar-refractivity contribution >= 4 is 0 Å². The average molecular weight is 477 g/mol. The van der Waals surface area contributed by atoms with E-state index < -0.39 is 11.0 Å². The van der Waals surface area contributed by atoms with Gasteiger partial charge < -0.3 is 4.74 Å². The van der Waals surface area contributed by atoms with E-state index in [-0.39, 0.29) is 0 Å². The maximum atomic E-state index is 6.88. The van der Waals surface area contributed by atoms with Crippen molar-refractivity contribution in [2.24, 2.45) is 0 Å². The molecule has 0 fully saturated rings. The van der Waals surface area contributed by atoms with E-state index in [1.807, 2.05) is 7.11 Å². The zero-order chi connectivity index (χ0) is 25.1. The molecule has 0 unspecified atom stereocenters. The lowest BCUT2D eigenvalue weighted by atomic mass is 9.56. The fraction of sp³-hybridized carbons (Fsp3) is 0.314. The highest BCUT2D eigenvalue weighted by Crippen LogP contribution is 2.56. The lowest BCUT2D eigenvalue weighted by Crippen LogP contribution is -2.52. The summed E-state index contributed by atoms with van der Waals surface area (Å²) in [4.78, 5) is 0. The van der Waals surface area contributed by atoms with Gasteiger partial charge >= 0.3 is 0 Å². The van der Waals surface area contributed by atoms with Gasteiger partial charge in [-0.3, -0.25) is 0 Å². The lowest BCUT2D eigenvalue weighted by molar-refractivity contribution is -0.0384. The summed E-state index contributed by atoms with van der Waals surface area (Å²) in [5, 5.41) is 0. The maximum Gasteiger partial charge on any atom is 0.131 e. The van der Waals surface area contributed by atoms with Gasteiger partial charge in [-0.2, -0.15) is 0 Å². The van der Waals surface area contributed by atoms with Gasteiger partial charge in [0.1, 0.15) is 5.60 Å². The summed E-state index contributed by atoms with van der Waals surface area (Å²) in [5.74, 6) is 0. The molecule has 0 radical (unpaired) electrons. The van der Waals surface area contributed by atoms with Crippen LogP contribution in [0.3, 0.4) is 0 Å². The van der Waals surface area contributed by atoms with Gasteiger partial charge in [0.2, 0.25) is 0 Å². The molecule has 0 saturated carbocycles. The standard InChI is InChI=1S/C35H40O/c1-3-4-5-6-7-20-29-34(30-21-12-8-13-22-30,31-23-14-9-15-24-31)35(36-2,32-25-16-10-17-26-32)33-27-18-11-19-28-33/h8-19,21-28H,3-7,20,29H2,1-2H3. The highest BCUT2D eigenvalue weighted by molar-refractivity contribution is 5.53. The van der Waals surface area contributed by atoms with Gasteiger partial charge in [-0.15, -0.1) is 0 Å². The zero-order valence-electron chi connectivity index (χ0n) is 21.9. The molecule has 4 aromatic carbocycles. The summed E-state index contributed by atoms with van der Waals surface area (Å²) in [5.41, 5.74) is 3.81. The van der Waals surface area contributed by atoms with Crippen LogP contribution in [0.25, 0.3) is 0 Å². The van der Waals surface area contributed by atoms with Crippen LogP contribution < -0.4 is 0 Å². The van der Waals surface area contributed by atoms with Crippen LogP contribution in [-0.4, -0.2) is 7.11 Å². The fourth-order valence-electron chi connectivity index (χ4n) is 6.07. The molecule has 0 atom stereocenters. The van der Waals surface area contributed by atoms with E-state index in [0.29, 0.717) is 0 Å². The summed E-state index contributed by atoms with van der Waals surface area (Å²) >= 11 is 0. The Hall–Kier alpha value is -3.16. The number of ether oxygens (including phenoxy) is 1. The van der Waals surface area contributed by atoms with Crippen molar-refractivity contribution < 1.29 is 4.74 Å². The van der Waals surface area contributed by atoms with Gasteiger partial charge in [0.25, 0.3) is 0 Å². The largest absolute Gasteiger partial charge is 0.367 e. The smallest absolute Gasteiger partial charge is 0.131 e. The highest BCUT2D eigenvalue weighted by atomic mass is 16.5. The van der Waals surface area contributed by atoms with Gasteiger partial charge in [-0.25, -0.2) is 0 Å². The van der Waals surface area contributed by atoms with Gasteiger partial charge in [0.15, 0.2) is 0 Å². The van der Waals surface area contributed by atoms with Crippen LogP contribution in [0, 0.1) is 0 Å². The van der Waals surface area contributed by atoms with Gasteiger partial charge in [-0.05, 0) is 28.7 Å². The van der Waals surface area contributed by atoms with Gasteiger partial charge in [0.05, 0.1) is 5.41 Å². The normalized spacial score (nSPS) is 11.9. The molecule has 4 aromatic rings. The molecule has 0 aliphatic heterocycles. The first kappa shape index (κ1) is 25.9. The minimum atomic E-state index is -0.707. The number of benzene rings is 4. The Kier molecular flexibility index (Phi) is 9.14. The molecule has 0 saturated heterocycles. The van der Waals surface area contributed by atoms with Crippen LogP contribution in [0.2, 0.25) is 0 Å². The molecule has 0 heterocycles. The monoisotopic (exact) mass is 476 g/mol. The van der Waals surface area contributed by atoms with Gasteiger partial charge in [-0.1, -0.05) is 167 Å². The predicted molar refractivity (Wildman–Crippen MR) is 152 cm³/mol. The second-order valence-corrected chi connectivity index (χ2v) is 9.77. The summed E-state index contributed by atoms with van der Waals surface area (Å²) < 4.78 is 6.88. The Morgan fingerprint density at radius 3 is 1.22 bits per heavy atom.